The van der Waals surface area contributed by atoms with Gasteiger partial charge in [-0.15, -0.1) is 0 Å². The fourth-order valence-corrected chi connectivity index (χ4v) is 1.48. The smallest absolute Gasteiger partial charge is 0.231 e. The van der Waals surface area contributed by atoms with E-state index in [-0.39, 0.29) is 16.7 Å². The van der Waals surface area contributed by atoms with E-state index in [9.17, 15) is 4.79 Å². The Morgan fingerprint density at radius 3 is 2.38 bits per heavy atom. The van der Waals surface area contributed by atoms with Crippen LogP contribution in [0.25, 0.3) is 0 Å². The minimum Gasteiger partial charge on any atom is -0.369 e. The predicted octanol–water partition coefficient (Wildman–Crippen LogP) is 2.04. The van der Waals surface area contributed by atoms with Crippen LogP contribution in [0, 0.1) is 0 Å². The van der Waals surface area contributed by atoms with Crippen LogP contribution in [0.5, 0.6) is 0 Å². The van der Waals surface area contributed by atoms with Crippen molar-refractivity contribution in [2.45, 2.75) is 17.7 Å². The summed E-state index contributed by atoms with van der Waals surface area (Å²) in [6.07, 6.45) is 0. The highest BCUT2D eigenvalue weighted by atomic mass is 79.9. The fraction of sp³-hybridized carbons (Fsp3) is 0.300. The Morgan fingerprint density at radius 2 is 1.92 bits per heavy atom. The Labute approximate surface area is 86.3 Å². The van der Waals surface area contributed by atoms with Crippen molar-refractivity contribution < 1.29 is 4.79 Å². The first-order chi connectivity index (χ1) is 6.13. The van der Waals surface area contributed by atoms with Crippen LogP contribution in [0.3, 0.4) is 0 Å². The van der Waals surface area contributed by atoms with Gasteiger partial charge >= 0.3 is 0 Å². The van der Waals surface area contributed by atoms with E-state index >= 15 is 0 Å². The molecular formula is C10H12BrNO. The highest BCUT2D eigenvalue weighted by molar-refractivity contribution is 9.10. The molecule has 0 heterocycles. The number of benzene rings is 1. The van der Waals surface area contributed by atoms with Gasteiger partial charge in [-0.2, -0.15) is 0 Å². The van der Waals surface area contributed by atoms with Crippen molar-refractivity contribution in [3.63, 3.8) is 0 Å². The number of nitrogens with two attached hydrogens (primary N) is 1. The van der Waals surface area contributed by atoms with E-state index in [0.717, 1.165) is 5.56 Å². The first kappa shape index (κ1) is 10.3. The number of hydrogen-bond acceptors (Lipinski definition) is 1. The summed E-state index contributed by atoms with van der Waals surface area (Å²) in [6.45, 7) is 1.97. The Balaban J connectivity index is 2.79. The molecule has 0 spiro atoms. The molecule has 2 unspecified atom stereocenters. The maximum Gasteiger partial charge on any atom is 0.231 e. The zero-order valence-electron chi connectivity index (χ0n) is 7.41. The van der Waals surface area contributed by atoms with Crippen molar-refractivity contribution in [3.05, 3.63) is 35.9 Å². The second-order valence-corrected chi connectivity index (χ2v) is 3.99. The summed E-state index contributed by atoms with van der Waals surface area (Å²) in [4.78, 5) is 10.6. The number of primary amides is 1. The van der Waals surface area contributed by atoms with Crippen molar-refractivity contribution in [1.82, 2.24) is 0 Å². The van der Waals surface area contributed by atoms with Gasteiger partial charge in [-0.25, -0.2) is 0 Å². The molecule has 13 heavy (non-hydrogen) atoms. The van der Waals surface area contributed by atoms with E-state index in [4.69, 9.17) is 5.73 Å². The highest BCUT2D eigenvalue weighted by Gasteiger charge is 2.20. The summed E-state index contributed by atoms with van der Waals surface area (Å²) >= 11 is 3.27. The lowest BCUT2D eigenvalue weighted by atomic mass is 9.98. The summed E-state index contributed by atoms with van der Waals surface area (Å²) < 4.78 is 0. The Bertz CT molecular complexity index is 286. The van der Waals surface area contributed by atoms with Gasteiger partial charge in [-0.1, -0.05) is 53.2 Å². The van der Waals surface area contributed by atoms with Crippen LogP contribution in [0.2, 0.25) is 0 Å². The largest absolute Gasteiger partial charge is 0.369 e. The maximum absolute atomic E-state index is 10.9. The third-order valence-electron chi connectivity index (χ3n) is 2.04. The topological polar surface area (TPSA) is 43.1 Å². The van der Waals surface area contributed by atoms with Gasteiger partial charge in [-0.05, 0) is 5.56 Å². The summed E-state index contributed by atoms with van der Waals surface area (Å²) in [6, 6.07) is 9.83. The second kappa shape index (κ2) is 4.42. The van der Waals surface area contributed by atoms with Gasteiger partial charge in [0.1, 0.15) is 0 Å². The molecule has 0 aliphatic rings. The number of carbonyl (C=O) groups excluding carboxylic acids is 1. The van der Waals surface area contributed by atoms with E-state index in [1.54, 1.807) is 0 Å². The molecule has 0 saturated carbocycles. The number of alkyl halides is 1. The third-order valence-corrected chi connectivity index (χ3v) is 3.28. The van der Waals surface area contributed by atoms with Crippen LogP contribution < -0.4 is 5.73 Å². The quantitative estimate of drug-likeness (QED) is 0.810. The Hall–Kier alpha value is -0.830. The molecule has 1 aromatic carbocycles. The maximum atomic E-state index is 10.9. The third kappa shape index (κ3) is 2.56. The number of hydrogen-bond donors (Lipinski definition) is 1. The lowest BCUT2D eigenvalue weighted by Crippen LogP contribution is -2.27. The molecule has 3 heteroatoms. The molecule has 1 amide bonds. The molecular weight excluding hydrogens is 230 g/mol. The Morgan fingerprint density at radius 1 is 1.38 bits per heavy atom. The lowest BCUT2D eigenvalue weighted by Gasteiger charge is -2.15. The van der Waals surface area contributed by atoms with Crippen molar-refractivity contribution in [2.24, 2.45) is 5.73 Å². The van der Waals surface area contributed by atoms with Crippen molar-refractivity contribution in [3.8, 4) is 0 Å². The predicted molar refractivity (Wildman–Crippen MR) is 56.8 cm³/mol. The van der Waals surface area contributed by atoms with Gasteiger partial charge in [-0.3, -0.25) is 4.79 Å². The van der Waals surface area contributed by atoms with Gasteiger partial charge in [0.2, 0.25) is 5.91 Å². The van der Waals surface area contributed by atoms with E-state index in [1.807, 2.05) is 37.3 Å². The molecule has 0 radical (unpaired) electrons. The van der Waals surface area contributed by atoms with E-state index in [1.165, 1.54) is 0 Å². The fourth-order valence-electron chi connectivity index (χ4n) is 1.17. The van der Waals surface area contributed by atoms with Crippen molar-refractivity contribution in [2.75, 3.05) is 0 Å². The molecule has 70 valence electrons. The molecule has 1 rings (SSSR count). The summed E-state index contributed by atoms with van der Waals surface area (Å²) in [5.74, 6) is -0.213. The van der Waals surface area contributed by atoms with E-state index in [2.05, 4.69) is 15.9 Å². The molecule has 0 bridgehead atoms. The van der Waals surface area contributed by atoms with Crippen LogP contribution >= 0.6 is 15.9 Å². The zero-order valence-corrected chi connectivity index (χ0v) is 8.99. The lowest BCUT2D eigenvalue weighted by molar-refractivity contribution is -0.117. The van der Waals surface area contributed by atoms with Gasteiger partial charge in [0.15, 0.2) is 0 Å². The minimum absolute atomic E-state index is 0.110. The van der Waals surface area contributed by atoms with Crippen LogP contribution in [-0.2, 0) is 4.79 Å². The summed E-state index contributed by atoms with van der Waals surface area (Å²) in [7, 11) is 0. The van der Waals surface area contributed by atoms with Gasteiger partial charge in [0.25, 0.3) is 0 Å². The number of rotatable bonds is 3. The summed E-state index contributed by atoms with van der Waals surface area (Å²) in [5.41, 5.74) is 6.30. The second-order valence-electron chi connectivity index (χ2n) is 3.00. The molecule has 0 aliphatic carbocycles. The molecule has 0 fully saturated rings. The minimum atomic E-state index is -0.323. The van der Waals surface area contributed by atoms with Crippen LogP contribution in [0.15, 0.2) is 30.3 Å². The monoisotopic (exact) mass is 241 g/mol. The van der Waals surface area contributed by atoms with Crippen molar-refractivity contribution in [1.29, 1.82) is 0 Å². The van der Waals surface area contributed by atoms with E-state index in [0.29, 0.717) is 0 Å². The van der Waals surface area contributed by atoms with Crippen LogP contribution in [0.4, 0.5) is 0 Å². The van der Waals surface area contributed by atoms with Gasteiger partial charge in [0, 0.05) is 5.92 Å². The molecule has 2 nitrogen and oxygen atoms in total. The van der Waals surface area contributed by atoms with E-state index < -0.39 is 0 Å². The first-order valence-electron chi connectivity index (χ1n) is 4.11. The van der Waals surface area contributed by atoms with Gasteiger partial charge < -0.3 is 5.73 Å². The average molecular weight is 242 g/mol. The van der Waals surface area contributed by atoms with Crippen molar-refractivity contribution >= 4 is 21.8 Å². The van der Waals surface area contributed by atoms with Crippen LogP contribution in [0.1, 0.15) is 18.4 Å². The van der Waals surface area contributed by atoms with Crippen LogP contribution in [-0.4, -0.2) is 10.7 Å². The SMILES string of the molecule is CC(c1ccccc1)C(Br)C(N)=O. The molecule has 0 aliphatic heterocycles. The molecule has 2 atom stereocenters. The first-order valence-corrected chi connectivity index (χ1v) is 5.03. The number of amides is 1. The van der Waals surface area contributed by atoms with Gasteiger partial charge in [0.05, 0.1) is 4.83 Å². The number of carbonyl (C=O) groups is 1. The summed E-state index contributed by atoms with van der Waals surface area (Å²) in [5, 5.41) is 0. The number of halogens is 1. The average Bonchev–Trinajstić information content (AvgIpc) is 2.17. The zero-order chi connectivity index (χ0) is 9.84. The highest BCUT2D eigenvalue weighted by Crippen LogP contribution is 2.23. The molecule has 0 aromatic heterocycles. The molecule has 1 aromatic rings. The molecule has 2 N–H and O–H groups in total. The molecule has 0 saturated heterocycles. The normalized spacial score (nSPS) is 14.9. The Kier molecular flexibility index (Phi) is 3.48. The standard InChI is InChI=1S/C10H12BrNO/c1-7(9(11)10(12)13)8-5-3-2-4-6-8/h2-7,9H,1H3,(H2,12,13).